The predicted octanol–water partition coefficient (Wildman–Crippen LogP) is 0.437. The van der Waals surface area contributed by atoms with Crippen molar-refractivity contribution in [3.63, 3.8) is 0 Å². The molecule has 4 nitrogen and oxygen atoms in total. The lowest BCUT2D eigenvalue weighted by molar-refractivity contribution is -0.242. The molecule has 0 spiro atoms. The molecule has 3 aliphatic heterocycles. The minimum absolute atomic E-state index is 0.202. The maximum absolute atomic E-state index is 11.6. The van der Waals surface area contributed by atoms with Crippen LogP contribution in [0.5, 0.6) is 0 Å². The topological polar surface area (TPSA) is 59.1 Å². The van der Waals surface area contributed by atoms with Gasteiger partial charge in [-0.05, 0) is 6.92 Å². The van der Waals surface area contributed by atoms with Gasteiger partial charge in [0.2, 0.25) is 5.79 Å². The lowest BCUT2D eigenvalue weighted by Crippen LogP contribution is -2.67. The van der Waals surface area contributed by atoms with E-state index in [4.69, 9.17) is 9.47 Å². The van der Waals surface area contributed by atoms with Crippen molar-refractivity contribution in [2.75, 3.05) is 6.61 Å². The van der Waals surface area contributed by atoms with Gasteiger partial charge in [0.15, 0.2) is 5.60 Å². The number of ether oxygens (including phenoxy) is 2. The monoisotopic (exact) mass is 198 g/mol. The Bertz CT molecular complexity index is 344. The van der Waals surface area contributed by atoms with Crippen LogP contribution in [-0.2, 0) is 14.3 Å². The molecule has 4 rings (SSSR count). The normalized spacial score (nSPS) is 57.9. The van der Waals surface area contributed by atoms with Crippen LogP contribution < -0.4 is 0 Å². The number of esters is 1. The fourth-order valence-electron chi connectivity index (χ4n) is 3.05. The fourth-order valence-corrected chi connectivity index (χ4v) is 3.05. The van der Waals surface area contributed by atoms with E-state index < -0.39 is 16.8 Å². The standard InChI is InChI=1S/C10H14O4/c1-7(2)8(3)4-9(7,14-6(8)11)10(12)5-13-10/h12H,4-5H2,1-3H3. The van der Waals surface area contributed by atoms with Crippen molar-refractivity contribution in [1.82, 2.24) is 0 Å². The summed E-state index contributed by atoms with van der Waals surface area (Å²) in [6.45, 7) is 6.09. The van der Waals surface area contributed by atoms with Crippen molar-refractivity contribution in [2.45, 2.75) is 38.6 Å². The lowest BCUT2D eigenvalue weighted by atomic mass is 9.44. The molecule has 4 heteroatoms. The van der Waals surface area contributed by atoms with E-state index in [1.807, 2.05) is 20.8 Å². The van der Waals surface area contributed by atoms with E-state index in [-0.39, 0.29) is 18.0 Å². The van der Waals surface area contributed by atoms with Gasteiger partial charge in [0.05, 0.1) is 5.41 Å². The van der Waals surface area contributed by atoms with E-state index in [1.165, 1.54) is 0 Å². The SMILES string of the molecule is CC12CC(C3(O)CO3)(OC1=O)C2(C)C. The molecule has 3 heterocycles. The first kappa shape index (κ1) is 8.68. The number of hydrogen-bond acceptors (Lipinski definition) is 4. The van der Waals surface area contributed by atoms with E-state index >= 15 is 0 Å². The van der Waals surface area contributed by atoms with Gasteiger partial charge in [-0.1, -0.05) is 13.8 Å². The molecule has 14 heavy (non-hydrogen) atoms. The molecular formula is C10H14O4. The molecule has 1 saturated carbocycles. The summed E-state index contributed by atoms with van der Waals surface area (Å²) < 4.78 is 10.4. The highest BCUT2D eigenvalue weighted by Gasteiger charge is 2.88. The average Bonchev–Trinajstić information content (AvgIpc) is 2.72. The number of epoxide rings is 1. The third-order valence-corrected chi connectivity index (χ3v) is 4.76. The van der Waals surface area contributed by atoms with Gasteiger partial charge in [0.25, 0.3) is 0 Å². The van der Waals surface area contributed by atoms with Crippen molar-refractivity contribution >= 4 is 5.97 Å². The molecule has 78 valence electrons. The minimum Gasteiger partial charge on any atom is -0.452 e. The van der Waals surface area contributed by atoms with Gasteiger partial charge in [0, 0.05) is 11.8 Å². The number of carbonyl (C=O) groups is 1. The zero-order valence-corrected chi connectivity index (χ0v) is 8.59. The number of hydrogen-bond donors (Lipinski definition) is 1. The molecular weight excluding hydrogens is 184 g/mol. The highest BCUT2D eigenvalue weighted by molar-refractivity contribution is 5.85. The molecule has 3 atom stereocenters. The van der Waals surface area contributed by atoms with Gasteiger partial charge in [-0.25, -0.2) is 0 Å². The molecule has 3 unspecified atom stereocenters. The van der Waals surface area contributed by atoms with Crippen LogP contribution in [-0.4, -0.2) is 29.1 Å². The van der Waals surface area contributed by atoms with E-state index in [0.717, 1.165) is 0 Å². The Balaban J connectivity index is 2.11. The van der Waals surface area contributed by atoms with Crippen LogP contribution in [0.15, 0.2) is 0 Å². The summed E-state index contributed by atoms with van der Waals surface area (Å²) in [4.78, 5) is 11.6. The van der Waals surface area contributed by atoms with Crippen LogP contribution in [0.3, 0.4) is 0 Å². The van der Waals surface area contributed by atoms with Crippen molar-refractivity contribution in [1.29, 1.82) is 0 Å². The lowest BCUT2D eigenvalue weighted by Gasteiger charge is -2.56. The smallest absolute Gasteiger partial charge is 0.313 e. The van der Waals surface area contributed by atoms with Gasteiger partial charge >= 0.3 is 5.97 Å². The number of fused-ring (bicyclic) bond motifs is 1. The Morgan fingerprint density at radius 1 is 1.36 bits per heavy atom. The van der Waals surface area contributed by atoms with Gasteiger partial charge in [-0.3, -0.25) is 4.79 Å². The van der Waals surface area contributed by atoms with Crippen molar-refractivity contribution in [3.05, 3.63) is 0 Å². The Morgan fingerprint density at radius 3 is 2.21 bits per heavy atom. The number of carbonyl (C=O) groups excluding carboxylic acids is 1. The first-order chi connectivity index (χ1) is 6.29. The average molecular weight is 198 g/mol. The largest absolute Gasteiger partial charge is 0.452 e. The molecule has 4 aliphatic rings. The third kappa shape index (κ3) is 0.525. The molecule has 0 aromatic carbocycles. The molecule has 1 aliphatic carbocycles. The second-order valence-corrected chi connectivity index (χ2v) is 5.42. The van der Waals surface area contributed by atoms with Crippen LogP contribution in [0, 0.1) is 10.8 Å². The van der Waals surface area contributed by atoms with Crippen molar-refractivity contribution in [3.8, 4) is 0 Å². The van der Waals surface area contributed by atoms with Crippen LogP contribution in [0.25, 0.3) is 0 Å². The van der Waals surface area contributed by atoms with E-state index in [2.05, 4.69) is 0 Å². The van der Waals surface area contributed by atoms with Gasteiger partial charge < -0.3 is 14.6 Å². The zero-order valence-electron chi connectivity index (χ0n) is 8.59. The summed E-state index contributed by atoms with van der Waals surface area (Å²) in [5, 5.41) is 9.99. The van der Waals surface area contributed by atoms with Gasteiger partial charge in [-0.15, -0.1) is 0 Å². The highest BCUT2D eigenvalue weighted by atomic mass is 16.8. The molecule has 0 radical (unpaired) electrons. The summed E-state index contributed by atoms with van der Waals surface area (Å²) in [5.74, 6) is -1.42. The van der Waals surface area contributed by atoms with E-state index in [1.54, 1.807) is 0 Å². The third-order valence-electron chi connectivity index (χ3n) is 4.76. The fraction of sp³-hybridized carbons (Fsp3) is 0.900. The van der Waals surface area contributed by atoms with Crippen molar-refractivity contribution in [2.24, 2.45) is 10.8 Å². The quantitative estimate of drug-likeness (QED) is 0.490. The summed E-state index contributed by atoms with van der Waals surface area (Å²) in [6.07, 6.45) is 0.572. The molecule has 2 bridgehead atoms. The predicted molar refractivity (Wildman–Crippen MR) is 46.2 cm³/mol. The van der Waals surface area contributed by atoms with E-state index in [0.29, 0.717) is 6.42 Å². The molecule has 3 saturated heterocycles. The van der Waals surface area contributed by atoms with E-state index in [9.17, 15) is 9.90 Å². The second kappa shape index (κ2) is 1.74. The first-order valence-corrected chi connectivity index (χ1v) is 4.89. The summed E-state index contributed by atoms with van der Waals surface area (Å²) in [5.41, 5.74) is -1.59. The first-order valence-electron chi connectivity index (χ1n) is 4.89. The zero-order chi connectivity index (χ0) is 10.4. The number of aliphatic hydroxyl groups is 1. The van der Waals surface area contributed by atoms with Crippen molar-refractivity contribution < 1.29 is 19.4 Å². The molecule has 4 fully saturated rings. The van der Waals surface area contributed by atoms with Crippen LogP contribution in [0.1, 0.15) is 27.2 Å². The molecule has 0 amide bonds. The Hall–Kier alpha value is -0.610. The molecule has 1 N–H and O–H groups in total. The number of rotatable bonds is 1. The summed E-state index contributed by atoms with van der Waals surface area (Å²) >= 11 is 0. The maximum Gasteiger partial charge on any atom is 0.313 e. The van der Waals surface area contributed by atoms with Gasteiger partial charge in [-0.2, -0.15) is 0 Å². The summed E-state index contributed by atoms with van der Waals surface area (Å²) in [6, 6.07) is 0. The maximum atomic E-state index is 11.6. The van der Waals surface area contributed by atoms with Gasteiger partial charge in [0.1, 0.15) is 6.61 Å². The van der Waals surface area contributed by atoms with Crippen LogP contribution >= 0.6 is 0 Å². The molecule has 0 aromatic heterocycles. The Kier molecular flexibility index (Phi) is 1.08. The second-order valence-electron chi connectivity index (χ2n) is 5.42. The summed E-state index contributed by atoms with van der Waals surface area (Å²) in [7, 11) is 0. The highest BCUT2D eigenvalue weighted by Crippen LogP contribution is 2.75. The molecule has 0 aromatic rings. The Labute approximate surface area is 82.2 Å². The van der Waals surface area contributed by atoms with Crippen LogP contribution in [0.2, 0.25) is 0 Å². The van der Waals surface area contributed by atoms with Crippen LogP contribution in [0.4, 0.5) is 0 Å². The Morgan fingerprint density at radius 2 is 1.93 bits per heavy atom. The minimum atomic E-state index is -1.22.